The molecule has 2 aliphatic carbocycles. The number of imide groups is 1. The van der Waals surface area contributed by atoms with Crippen molar-refractivity contribution in [3.8, 4) is 0 Å². The van der Waals surface area contributed by atoms with Crippen LogP contribution in [0.25, 0.3) is 0 Å². The van der Waals surface area contributed by atoms with Gasteiger partial charge < -0.3 is 5.32 Å². The van der Waals surface area contributed by atoms with Crippen LogP contribution in [-0.4, -0.2) is 17.7 Å². The number of allylic oxidation sites excluding steroid dienone is 2. The van der Waals surface area contributed by atoms with Crippen LogP contribution in [-0.2, 0) is 14.4 Å². The third-order valence-electron chi connectivity index (χ3n) is 4.92. The van der Waals surface area contributed by atoms with Crippen molar-refractivity contribution in [2.45, 2.75) is 13.3 Å². The molecule has 2 bridgehead atoms. The number of carbonyl (C=O) groups is 3. The van der Waals surface area contributed by atoms with Gasteiger partial charge in [0.2, 0.25) is 17.7 Å². The summed E-state index contributed by atoms with van der Waals surface area (Å²) in [5, 5.41) is 2.67. The Hall–Kier alpha value is -2.43. The minimum Gasteiger partial charge on any atom is -0.326 e. The number of rotatable bonds is 2. The normalized spacial score (nSPS) is 31.8. The number of benzene rings is 1. The Morgan fingerprint density at radius 3 is 2.09 bits per heavy atom. The highest BCUT2D eigenvalue weighted by Gasteiger charge is 2.59. The van der Waals surface area contributed by atoms with Gasteiger partial charge in [-0.15, -0.1) is 0 Å². The molecule has 0 unspecified atom stereocenters. The highest BCUT2D eigenvalue weighted by atomic mass is 16.2. The summed E-state index contributed by atoms with van der Waals surface area (Å²) in [6.07, 6.45) is 5.10. The summed E-state index contributed by atoms with van der Waals surface area (Å²) < 4.78 is 0. The van der Waals surface area contributed by atoms with Gasteiger partial charge in [-0.3, -0.25) is 19.3 Å². The molecule has 3 amide bonds. The van der Waals surface area contributed by atoms with E-state index in [2.05, 4.69) is 17.5 Å². The maximum atomic E-state index is 12.7. The van der Waals surface area contributed by atoms with Gasteiger partial charge in [-0.05, 0) is 42.5 Å². The Balaban J connectivity index is 1.62. The van der Waals surface area contributed by atoms with E-state index in [-0.39, 0.29) is 41.4 Å². The quantitative estimate of drug-likeness (QED) is 0.670. The van der Waals surface area contributed by atoms with Gasteiger partial charge in [0.25, 0.3) is 0 Å². The molecular formula is C17H16N2O3. The van der Waals surface area contributed by atoms with Gasteiger partial charge in [0.15, 0.2) is 0 Å². The summed E-state index contributed by atoms with van der Waals surface area (Å²) in [5.41, 5.74) is 1.23. The molecule has 1 aromatic carbocycles. The van der Waals surface area contributed by atoms with Crippen molar-refractivity contribution in [2.75, 3.05) is 10.2 Å². The second-order valence-corrected chi connectivity index (χ2v) is 6.24. The fourth-order valence-electron chi connectivity index (χ4n) is 4.05. The third-order valence-corrected chi connectivity index (χ3v) is 4.92. The van der Waals surface area contributed by atoms with Crippen LogP contribution in [0, 0.1) is 23.7 Å². The molecule has 1 N–H and O–H groups in total. The van der Waals surface area contributed by atoms with Crippen molar-refractivity contribution in [1.29, 1.82) is 0 Å². The number of nitrogens with one attached hydrogen (secondary N) is 1. The first-order chi connectivity index (χ1) is 10.6. The van der Waals surface area contributed by atoms with E-state index in [1.54, 1.807) is 24.3 Å². The topological polar surface area (TPSA) is 66.5 Å². The van der Waals surface area contributed by atoms with Gasteiger partial charge in [-0.2, -0.15) is 0 Å². The third kappa shape index (κ3) is 1.75. The van der Waals surface area contributed by atoms with E-state index >= 15 is 0 Å². The summed E-state index contributed by atoms with van der Waals surface area (Å²) in [6.45, 7) is 1.44. The molecule has 1 saturated carbocycles. The predicted molar refractivity (Wildman–Crippen MR) is 81.0 cm³/mol. The molecule has 0 spiro atoms. The SMILES string of the molecule is CC(=O)Nc1ccc(N2C(=O)[C@@H]3[C@H](C2=O)[C@@H]2C=C[C@H]3C2)cc1. The van der Waals surface area contributed by atoms with Crippen LogP contribution in [0.15, 0.2) is 36.4 Å². The standard InChI is InChI=1S/C17H16N2O3/c1-9(20)18-12-4-6-13(7-5-12)19-16(21)14-10-2-3-11(8-10)15(14)17(19)22/h2-7,10-11,14-15H,8H2,1H3,(H,18,20)/t10-,11+,14-,15+. The molecular weight excluding hydrogens is 280 g/mol. The number of amides is 3. The number of hydrogen-bond donors (Lipinski definition) is 1. The van der Waals surface area contributed by atoms with Crippen molar-refractivity contribution < 1.29 is 14.4 Å². The fourth-order valence-corrected chi connectivity index (χ4v) is 4.05. The molecule has 5 heteroatoms. The average molecular weight is 296 g/mol. The number of anilines is 2. The molecule has 0 aromatic heterocycles. The second-order valence-electron chi connectivity index (χ2n) is 6.24. The maximum absolute atomic E-state index is 12.7. The fraction of sp³-hybridized carbons (Fsp3) is 0.353. The molecule has 2 fully saturated rings. The summed E-state index contributed by atoms with van der Waals surface area (Å²) >= 11 is 0. The lowest BCUT2D eigenvalue weighted by Crippen LogP contribution is -2.32. The van der Waals surface area contributed by atoms with E-state index in [9.17, 15) is 14.4 Å². The molecule has 4 atom stereocenters. The van der Waals surface area contributed by atoms with E-state index in [1.165, 1.54) is 11.8 Å². The lowest BCUT2D eigenvalue weighted by atomic mass is 9.85. The Morgan fingerprint density at radius 1 is 1.05 bits per heavy atom. The van der Waals surface area contributed by atoms with Crippen molar-refractivity contribution in [1.82, 2.24) is 0 Å². The van der Waals surface area contributed by atoms with Gasteiger partial charge in [0.1, 0.15) is 0 Å². The molecule has 4 rings (SSSR count). The van der Waals surface area contributed by atoms with Crippen molar-refractivity contribution >= 4 is 29.1 Å². The average Bonchev–Trinajstić information content (AvgIpc) is 3.14. The minimum absolute atomic E-state index is 0.0841. The summed E-state index contributed by atoms with van der Waals surface area (Å²) in [6, 6.07) is 6.82. The smallest absolute Gasteiger partial charge is 0.238 e. The van der Waals surface area contributed by atoms with Gasteiger partial charge >= 0.3 is 0 Å². The van der Waals surface area contributed by atoms with Crippen LogP contribution in [0.2, 0.25) is 0 Å². The molecule has 1 heterocycles. The minimum atomic E-state index is -0.183. The van der Waals surface area contributed by atoms with Crippen LogP contribution >= 0.6 is 0 Å². The Kier molecular flexibility index (Phi) is 2.73. The zero-order valence-corrected chi connectivity index (χ0v) is 12.2. The van der Waals surface area contributed by atoms with E-state index < -0.39 is 0 Å². The highest BCUT2D eigenvalue weighted by molar-refractivity contribution is 6.22. The monoisotopic (exact) mass is 296 g/mol. The largest absolute Gasteiger partial charge is 0.326 e. The molecule has 3 aliphatic rings. The van der Waals surface area contributed by atoms with E-state index in [1.807, 2.05) is 0 Å². The number of nitrogens with zero attached hydrogens (tertiary/aromatic N) is 1. The molecule has 22 heavy (non-hydrogen) atoms. The van der Waals surface area contributed by atoms with Crippen LogP contribution in [0.4, 0.5) is 11.4 Å². The summed E-state index contributed by atoms with van der Waals surface area (Å²) in [5.74, 6) is -0.253. The predicted octanol–water partition coefficient (Wildman–Crippen LogP) is 1.96. The van der Waals surface area contributed by atoms with Crippen molar-refractivity contribution in [3.63, 3.8) is 0 Å². The summed E-state index contributed by atoms with van der Waals surface area (Å²) in [7, 11) is 0. The lowest BCUT2D eigenvalue weighted by Gasteiger charge is -2.17. The van der Waals surface area contributed by atoms with Gasteiger partial charge in [-0.1, -0.05) is 12.2 Å². The molecule has 5 nitrogen and oxygen atoms in total. The Morgan fingerprint density at radius 2 is 1.59 bits per heavy atom. The number of hydrogen-bond acceptors (Lipinski definition) is 3. The molecule has 0 radical (unpaired) electrons. The molecule has 1 saturated heterocycles. The second kappa shape index (κ2) is 4.53. The number of carbonyl (C=O) groups excluding carboxylic acids is 3. The highest BCUT2D eigenvalue weighted by Crippen LogP contribution is 2.53. The number of fused-ring (bicyclic) bond motifs is 5. The molecule has 112 valence electrons. The van der Waals surface area contributed by atoms with Gasteiger partial charge in [0, 0.05) is 12.6 Å². The first-order valence-corrected chi connectivity index (χ1v) is 7.50. The van der Waals surface area contributed by atoms with Gasteiger partial charge in [-0.25, -0.2) is 0 Å². The van der Waals surface area contributed by atoms with Crippen molar-refractivity contribution in [2.24, 2.45) is 23.7 Å². The first kappa shape index (κ1) is 13.2. The Labute approximate surface area is 128 Å². The van der Waals surface area contributed by atoms with Crippen molar-refractivity contribution in [3.05, 3.63) is 36.4 Å². The zero-order chi connectivity index (χ0) is 15.4. The zero-order valence-electron chi connectivity index (χ0n) is 12.2. The van der Waals surface area contributed by atoms with Crippen LogP contribution in [0.5, 0.6) is 0 Å². The Bertz CT molecular complexity index is 677. The molecule has 1 aliphatic heterocycles. The van der Waals surface area contributed by atoms with E-state index in [0.717, 1.165) is 6.42 Å². The van der Waals surface area contributed by atoms with E-state index in [4.69, 9.17) is 0 Å². The van der Waals surface area contributed by atoms with Crippen LogP contribution in [0.3, 0.4) is 0 Å². The van der Waals surface area contributed by atoms with Crippen LogP contribution in [0.1, 0.15) is 13.3 Å². The summed E-state index contributed by atoms with van der Waals surface area (Å²) in [4.78, 5) is 37.7. The van der Waals surface area contributed by atoms with Gasteiger partial charge in [0.05, 0.1) is 17.5 Å². The first-order valence-electron chi connectivity index (χ1n) is 7.50. The molecule has 1 aromatic rings. The van der Waals surface area contributed by atoms with E-state index in [0.29, 0.717) is 11.4 Å². The maximum Gasteiger partial charge on any atom is 0.238 e. The lowest BCUT2D eigenvalue weighted by molar-refractivity contribution is -0.123. The van der Waals surface area contributed by atoms with Crippen LogP contribution < -0.4 is 10.2 Å².